The lowest BCUT2D eigenvalue weighted by Crippen LogP contribution is -2.37. The van der Waals surface area contributed by atoms with Gasteiger partial charge < -0.3 is 10.0 Å². The Bertz CT molecular complexity index is 361. The van der Waals surface area contributed by atoms with E-state index in [2.05, 4.69) is 0 Å². The number of likely N-dealkylation sites (tertiary alicyclic amines) is 1. The average molecular weight is 251 g/mol. The highest BCUT2D eigenvalue weighted by molar-refractivity contribution is 5.82. The Hall–Kier alpha value is -1.06. The van der Waals surface area contributed by atoms with Crippen molar-refractivity contribution in [2.24, 2.45) is 29.6 Å². The number of carboxylic acid groups (broad SMARTS) is 1. The van der Waals surface area contributed by atoms with Crippen LogP contribution in [0.4, 0.5) is 0 Å². The van der Waals surface area contributed by atoms with Crippen molar-refractivity contribution in [3.8, 4) is 0 Å². The molecule has 4 nitrogen and oxygen atoms in total. The number of nitrogens with zero attached hydrogens (tertiary/aromatic N) is 1. The molecule has 4 heteroatoms. The van der Waals surface area contributed by atoms with Crippen LogP contribution in [0.1, 0.15) is 32.6 Å². The van der Waals surface area contributed by atoms with Gasteiger partial charge >= 0.3 is 5.97 Å². The van der Waals surface area contributed by atoms with Crippen molar-refractivity contribution in [2.75, 3.05) is 13.1 Å². The molecule has 18 heavy (non-hydrogen) atoms. The third-order valence-corrected chi connectivity index (χ3v) is 4.79. The molecule has 0 bridgehead atoms. The summed E-state index contributed by atoms with van der Waals surface area (Å²) in [6.45, 7) is 2.99. The fourth-order valence-corrected chi connectivity index (χ4v) is 3.38. The highest BCUT2D eigenvalue weighted by Crippen LogP contribution is 2.50. The number of hydrogen-bond acceptors (Lipinski definition) is 2. The van der Waals surface area contributed by atoms with Crippen molar-refractivity contribution in [1.82, 2.24) is 4.90 Å². The van der Waals surface area contributed by atoms with Crippen LogP contribution in [-0.4, -0.2) is 35.0 Å². The number of rotatable bonds is 4. The SMILES string of the molecule is CC1CN(C(=O)C(C2CC2)C2CC2)CC1C(=O)O. The summed E-state index contributed by atoms with van der Waals surface area (Å²) in [7, 11) is 0. The van der Waals surface area contributed by atoms with E-state index in [9.17, 15) is 9.59 Å². The van der Waals surface area contributed by atoms with Gasteiger partial charge in [-0.25, -0.2) is 0 Å². The van der Waals surface area contributed by atoms with Crippen molar-refractivity contribution >= 4 is 11.9 Å². The van der Waals surface area contributed by atoms with Crippen LogP contribution in [0.25, 0.3) is 0 Å². The molecule has 100 valence electrons. The summed E-state index contributed by atoms with van der Waals surface area (Å²) in [5, 5.41) is 9.13. The van der Waals surface area contributed by atoms with E-state index in [1.54, 1.807) is 0 Å². The molecule has 0 aromatic carbocycles. The molecule has 2 unspecified atom stereocenters. The largest absolute Gasteiger partial charge is 0.481 e. The quantitative estimate of drug-likeness (QED) is 0.825. The number of carbonyl (C=O) groups is 2. The van der Waals surface area contributed by atoms with Gasteiger partial charge in [0.2, 0.25) is 5.91 Å². The minimum atomic E-state index is -0.757. The van der Waals surface area contributed by atoms with Crippen LogP contribution < -0.4 is 0 Å². The van der Waals surface area contributed by atoms with E-state index in [0.29, 0.717) is 24.9 Å². The summed E-state index contributed by atoms with van der Waals surface area (Å²) in [4.78, 5) is 25.5. The molecule has 3 aliphatic rings. The molecular formula is C14H21NO3. The average Bonchev–Trinajstić information content (AvgIpc) is 3.20. The van der Waals surface area contributed by atoms with Crippen LogP contribution >= 0.6 is 0 Å². The van der Waals surface area contributed by atoms with Gasteiger partial charge in [-0.3, -0.25) is 9.59 Å². The Labute approximate surface area is 107 Å². The third kappa shape index (κ3) is 2.13. The third-order valence-electron chi connectivity index (χ3n) is 4.79. The van der Waals surface area contributed by atoms with E-state index in [1.807, 2.05) is 11.8 Å². The lowest BCUT2D eigenvalue weighted by molar-refractivity contribution is -0.142. The van der Waals surface area contributed by atoms with E-state index in [-0.39, 0.29) is 23.7 Å². The normalized spacial score (nSPS) is 32.0. The van der Waals surface area contributed by atoms with Gasteiger partial charge in [-0.1, -0.05) is 6.92 Å². The zero-order valence-electron chi connectivity index (χ0n) is 10.8. The molecule has 0 spiro atoms. The number of carbonyl (C=O) groups excluding carboxylic acids is 1. The van der Waals surface area contributed by atoms with Gasteiger partial charge in [0.05, 0.1) is 5.92 Å². The molecular weight excluding hydrogens is 230 g/mol. The number of carboxylic acids is 1. The summed E-state index contributed by atoms with van der Waals surface area (Å²) >= 11 is 0. The van der Waals surface area contributed by atoms with Gasteiger partial charge in [0.15, 0.2) is 0 Å². The molecule has 2 atom stereocenters. The second-order valence-corrected chi connectivity index (χ2v) is 6.37. The Morgan fingerprint density at radius 1 is 1.11 bits per heavy atom. The topological polar surface area (TPSA) is 57.6 Å². The zero-order chi connectivity index (χ0) is 12.9. The van der Waals surface area contributed by atoms with E-state index in [1.165, 1.54) is 25.7 Å². The summed E-state index contributed by atoms with van der Waals surface area (Å²) < 4.78 is 0. The van der Waals surface area contributed by atoms with Gasteiger partial charge in [0, 0.05) is 19.0 Å². The molecule has 1 aliphatic heterocycles. The first-order valence-electron chi connectivity index (χ1n) is 7.09. The van der Waals surface area contributed by atoms with Crippen molar-refractivity contribution in [3.63, 3.8) is 0 Å². The first kappa shape index (κ1) is 12.0. The molecule has 2 saturated carbocycles. The van der Waals surface area contributed by atoms with Crippen molar-refractivity contribution in [3.05, 3.63) is 0 Å². The maximum Gasteiger partial charge on any atom is 0.308 e. The molecule has 1 heterocycles. The summed E-state index contributed by atoms with van der Waals surface area (Å²) in [6, 6.07) is 0. The predicted octanol–water partition coefficient (Wildman–Crippen LogP) is 1.60. The molecule has 1 amide bonds. The summed E-state index contributed by atoms with van der Waals surface area (Å²) in [6.07, 6.45) is 4.77. The van der Waals surface area contributed by atoms with Crippen LogP contribution in [0, 0.1) is 29.6 Å². The molecule has 2 aliphatic carbocycles. The number of amides is 1. The predicted molar refractivity (Wildman–Crippen MR) is 65.8 cm³/mol. The van der Waals surface area contributed by atoms with Gasteiger partial charge in [-0.2, -0.15) is 0 Å². The molecule has 3 fully saturated rings. The highest BCUT2D eigenvalue weighted by atomic mass is 16.4. The summed E-state index contributed by atoms with van der Waals surface area (Å²) in [5.74, 6) is 0.624. The molecule has 3 rings (SSSR count). The van der Waals surface area contributed by atoms with Crippen LogP contribution in [0.3, 0.4) is 0 Å². The number of hydrogen-bond donors (Lipinski definition) is 1. The van der Waals surface area contributed by atoms with Crippen LogP contribution in [-0.2, 0) is 9.59 Å². The van der Waals surface area contributed by atoms with E-state index < -0.39 is 5.97 Å². The Balaban J connectivity index is 1.67. The number of aliphatic carboxylic acids is 1. The van der Waals surface area contributed by atoms with Gasteiger partial charge in [-0.15, -0.1) is 0 Å². The minimum absolute atomic E-state index is 0.0884. The molecule has 1 N–H and O–H groups in total. The van der Waals surface area contributed by atoms with E-state index >= 15 is 0 Å². The highest BCUT2D eigenvalue weighted by Gasteiger charge is 2.49. The van der Waals surface area contributed by atoms with E-state index in [0.717, 1.165) is 0 Å². The second kappa shape index (κ2) is 4.25. The smallest absolute Gasteiger partial charge is 0.308 e. The first-order valence-corrected chi connectivity index (χ1v) is 7.09. The monoisotopic (exact) mass is 251 g/mol. The lowest BCUT2D eigenvalue weighted by atomic mass is 9.96. The standard InChI is InChI=1S/C14H21NO3/c1-8-6-15(7-11(8)14(17)18)13(16)12(9-2-3-9)10-4-5-10/h8-12H,2-7H2,1H3,(H,17,18). The van der Waals surface area contributed by atoms with Crippen molar-refractivity contribution in [1.29, 1.82) is 0 Å². The Morgan fingerprint density at radius 3 is 2.06 bits per heavy atom. The summed E-state index contributed by atoms with van der Waals surface area (Å²) in [5.41, 5.74) is 0. The van der Waals surface area contributed by atoms with Gasteiger partial charge in [-0.05, 0) is 43.4 Å². The molecule has 0 aromatic heterocycles. The lowest BCUT2D eigenvalue weighted by Gasteiger charge is -2.23. The first-order chi connectivity index (χ1) is 8.58. The van der Waals surface area contributed by atoms with E-state index in [4.69, 9.17) is 5.11 Å². The molecule has 1 saturated heterocycles. The molecule has 0 aromatic rings. The van der Waals surface area contributed by atoms with Gasteiger partial charge in [0.25, 0.3) is 0 Å². The van der Waals surface area contributed by atoms with Crippen LogP contribution in [0.15, 0.2) is 0 Å². The van der Waals surface area contributed by atoms with Crippen molar-refractivity contribution < 1.29 is 14.7 Å². The van der Waals surface area contributed by atoms with Crippen LogP contribution in [0.5, 0.6) is 0 Å². The van der Waals surface area contributed by atoms with Crippen LogP contribution in [0.2, 0.25) is 0 Å². The maximum absolute atomic E-state index is 12.6. The minimum Gasteiger partial charge on any atom is -0.481 e. The maximum atomic E-state index is 12.6. The Kier molecular flexibility index (Phi) is 2.83. The fraction of sp³-hybridized carbons (Fsp3) is 0.857. The zero-order valence-corrected chi connectivity index (χ0v) is 10.8. The van der Waals surface area contributed by atoms with Crippen molar-refractivity contribution in [2.45, 2.75) is 32.6 Å². The fourth-order valence-electron chi connectivity index (χ4n) is 3.38. The second-order valence-electron chi connectivity index (χ2n) is 6.37. The molecule has 0 radical (unpaired) electrons. The Morgan fingerprint density at radius 2 is 1.67 bits per heavy atom. The van der Waals surface area contributed by atoms with Gasteiger partial charge in [0.1, 0.15) is 0 Å².